The van der Waals surface area contributed by atoms with Crippen molar-refractivity contribution in [2.75, 3.05) is 13.1 Å². The Morgan fingerprint density at radius 1 is 1.19 bits per heavy atom. The van der Waals surface area contributed by atoms with Crippen molar-refractivity contribution < 1.29 is 32.7 Å². The van der Waals surface area contributed by atoms with E-state index in [1.54, 1.807) is 25.7 Å². The van der Waals surface area contributed by atoms with Gasteiger partial charge in [0.15, 0.2) is 0 Å². The van der Waals surface area contributed by atoms with E-state index in [4.69, 9.17) is 4.74 Å². The molecule has 1 heterocycles. The monoisotopic (exact) mass is 511 g/mol. The molecule has 3 N–H and O–H groups in total. The molecule has 0 bridgehead atoms. The molecule has 5 amide bonds. The summed E-state index contributed by atoms with van der Waals surface area (Å²) in [6.07, 6.45) is 1.73. The number of halogens is 2. The molecule has 2 atom stereocenters. The average molecular weight is 512 g/mol. The standard InChI is InChI=1S/C24H35F2N5O5/c1-15-8-6-7-11-30(15)20(32)14-31(29-23(35)36-24(3,4)5)22(34)28-16(2)21(33)27-13-17-9-10-18(25)12-19(17)26/h9-10,12,15-16H,6-8,11,13-14H2,1-5H3,(H,27,33)(H,28,34)(H,29,35). The van der Waals surface area contributed by atoms with Crippen molar-refractivity contribution in [1.29, 1.82) is 0 Å². The lowest BCUT2D eigenvalue weighted by atomic mass is 10.0. The third-order valence-electron chi connectivity index (χ3n) is 5.49. The largest absolute Gasteiger partial charge is 0.443 e. The summed E-state index contributed by atoms with van der Waals surface area (Å²) in [5.41, 5.74) is 1.49. The van der Waals surface area contributed by atoms with E-state index in [0.29, 0.717) is 12.6 Å². The predicted octanol–water partition coefficient (Wildman–Crippen LogP) is 2.82. The van der Waals surface area contributed by atoms with E-state index in [9.17, 15) is 28.0 Å². The number of hydrogen-bond acceptors (Lipinski definition) is 5. The van der Waals surface area contributed by atoms with Crippen LogP contribution >= 0.6 is 0 Å². The van der Waals surface area contributed by atoms with Crippen molar-refractivity contribution in [3.8, 4) is 0 Å². The molecule has 0 spiro atoms. The highest BCUT2D eigenvalue weighted by atomic mass is 19.1. The first-order valence-electron chi connectivity index (χ1n) is 11.9. The molecular weight excluding hydrogens is 476 g/mol. The van der Waals surface area contributed by atoms with Gasteiger partial charge in [0, 0.05) is 30.8 Å². The molecule has 1 saturated heterocycles. The Morgan fingerprint density at radius 2 is 1.89 bits per heavy atom. The van der Waals surface area contributed by atoms with Crippen LogP contribution in [0.3, 0.4) is 0 Å². The quantitative estimate of drug-likeness (QED) is 0.508. The molecule has 1 aliphatic rings. The Balaban J connectivity index is 2.04. The van der Waals surface area contributed by atoms with E-state index in [1.807, 2.05) is 6.92 Å². The molecule has 36 heavy (non-hydrogen) atoms. The summed E-state index contributed by atoms with van der Waals surface area (Å²) in [6.45, 7) is 8.09. The van der Waals surface area contributed by atoms with Crippen molar-refractivity contribution >= 4 is 23.9 Å². The molecule has 1 aliphatic heterocycles. The fraction of sp³-hybridized carbons (Fsp3) is 0.583. The maximum atomic E-state index is 13.8. The Morgan fingerprint density at radius 3 is 2.50 bits per heavy atom. The third kappa shape index (κ3) is 8.97. The minimum absolute atomic E-state index is 0.00533. The molecule has 1 aromatic carbocycles. The van der Waals surface area contributed by atoms with Gasteiger partial charge >= 0.3 is 12.1 Å². The summed E-state index contributed by atoms with van der Waals surface area (Å²) in [5, 5.41) is 5.62. The van der Waals surface area contributed by atoms with Gasteiger partial charge < -0.3 is 20.3 Å². The maximum Gasteiger partial charge on any atom is 0.426 e. The predicted molar refractivity (Wildman–Crippen MR) is 127 cm³/mol. The lowest BCUT2D eigenvalue weighted by molar-refractivity contribution is -0.135. The van der Waals surface area contributed by atoms with Crippen LogP contribution in [0.1, 0.15) is 59.4 Å². The number of rotatable bonds is 6. The van der Waals surface area contributed by atoms with Crippen molar-refractivity contribution in [2.24, 2.45) is 0 Å². The van der Waals surface area contributed by atoms with E-state index < -0.39 is 47.9 Å². The summed E-state index contributed by atoms with van der Waals surface area (Å²) in [4.78, 5) is 52.2. The second-order valence-electron chi connectivity index (χ2n) is 9.76. The van der Waals surface area contributed by atoms with E-state index in [2.05, 4.69) is 16.1 Å². The van der Waals surface area contributed by atoms with Crippen molar-refractivity contribution in [3.05, 3.63) is 35.4 Å². The Bertz CT molecular complexity index is 969. The van der Waals surface area contributed by atoms with Crippen LogP contribution in [0.4, 0.5) is 18.4 Å². The van der Waals surface area contributed by atoms with E-state index in [1.165, 1.54) is 13.0 Å². The van der Waals surface area contributed by atoms with Gasteiger partial charge in [0.1, 0.15) is 29.8 Å². The second-order valence-corrected chi connectivity index (χ2v) is 9.76. The minimum Gasteiger partial charge on any atom is -0.443 e. The minimum atomic E-state index is -1.10. The zero-order valence-electron chi connectivity index (χ0n) is 21.3. The number of carbonyl (C=O) groups is 4. The number of hydrazine groups is 1. The SMILES string of the molecule is CC(NC(=O)N(CC(=O)N1CCCCC1C)NC(=O)OC(C)(C)C)C(=O)NCc1ccc(F)cc1F. The van der Waals surface area contributed by atoms with Gasteiger partial charge in [-0.1, -0.05) is 6.07 Å². The summed E-state index contributed by atoms with van der Waals surface area (Å²) in [5.74, 6) is -2.57. The first kappa shape index (κ1) is 28.8. The maximum absolute atomic E-state index is 13.8. The zero-order chi connectivity index (χ0) is 27.0. The number of nitrogens with one attached hydrogen (secondary N) is 3. The number of carbonyl (C=O) groups excluding carboxylic acids is 4. The molecule has 2 rings (SSSR count). The number of urea groups is 1. The van der Waals surface area contributed by atoms with Crippen LogP contribution in [0.5, 0.6) is 0 Å². The first-order valence-corrected chi connectivity index (χ1v) is 11.9. The molecule has 1 fully saturated rings. The van der Waals surface area contributed by atoms with Crippen LogP contribution in [-0.2, 0) is 20.9 Å². The second kappa shape index (κ2) is 12.5. The average Bonchev–Trinajstić information content (AvgIpc) is 2.76. The van der Waals surface area contributed by atoms with Gasteiger partial charge in [-0.25, -0.2) is 28.8 Å². The fourth-order valence-electron chi connectivity index (χ4n) is 3.60. The lowest BCUT2D eigenvalue weighted by Crippen LogP contribution is -2.58. The summed E-state index contributed by atoms with van der Waals surface area (Å²) in [6, 6.07) is 0.952. The highest BCUT2D eigenvalue weighted by Gasteiger charge is 2.30. The van der Waals surface area contributed by atoms with Gasteiger partial charge in [0.25, 0.3) is 0 Å². The Labute approximate surface area is 209 Å². The van der Waals surface area contributed by atoms with E-state index in [-0.39, 0.29) is 24.1 Å². The van der Waals surface area contributed by atoms with Crippen LogP contribution < -0.4 is 16.1 Å². The Hall–Kier alpha value is -3.44. The number of piperidine rings is 1. The van der Waals surface area contributed by atoms with Crippen molar-refractivity contribution in [1.82, 2.24) is 26.0 Å². The van der Waals surface area contributed by atoms with Crippen molar-refractivity contribution in [3.63, 3.8) is 0 Å². The number of ether oxygens (including phenoxy) is 1. The summed E-state index contributed by atoms with van der Waals surface area (Å²) < 4.78 is 32.1. The summed E-state index contributed by atoms with van der Waals surface area (Å²) >= 11 is 0. The molecule has 0 aromatic heterocycles. The van der Waals surface area contributed by atoms with Crippen LogP contribution in [0.15, 0.2) is 18.2 Å². The molecule has 200 valence electrons. The van der Waals surface area contributed by atoms with E-state index in [0.717, 1.165) is 30.3 Å². The van der Waals surface area contributed by atoms with Crippen LogP contribution in [0.2, 0.25) is 0 Å². The molecule has 10 nitrogen and oxygen atoms in total. The Kier molecular flexibility index (Phi) is 10.00. The zero-order valence-corrected chi connectivity index (χ0v) is 21.3. The lowest BCUT2D eigenvalue weighted by Gasteiger charge is -2.35. The number of hydrogen-bond donors (Lipinski definition) is 3. The number of likely N-dealkylation sites (tertiary alicyclic amines) is 1. The molecule has 12 heteroatoms. The first-order chi connectivity index (χ1) is 16.8. The smallest absolute Gasteiger partial charge is 0.426 e. The highest BCUT2D eigenvalue weighted by molar-refractivity contribution is 5.89. The molecule has 1 aromatic rings. The molecule has 0 saturated carbocycles. The summed E-state index contributed by atoms with van der Waals surface area (Å²) in [7, 11) is 0. The van der Waals surface area contributed by atoms with Gasteiger partial charge in [-0.3, -0.25) is 9.59 Å². The van der Waals surface area contributed by atoms with E-state index >= 15 is 0 Å². The number of nitrogens with zero attached hydrogens (tertiary/aromatic N) is 2. The van der Waals surface area contributed by atoms with Gasteiger partial charge in [0.2, 0.25) is 11.8 Å². The van der Waals surface area contributed by atoms with Gasteiger partial charge in [-0.15, -0.1) is 0 Å². The molecular formula is C24H35F2N5O5. The third-order valence-corrected chi connectivity index (χ3v) is 5.49. The van der Waals surface area contributed by atoms with Gasteiger partial charge in [0.05, 0.1) is 0 Å². The topological polar surface area (TPSA) is 120 Å². The van der Waals surface area contributed by atoms with Gasteiger partial charge in [-0.2, -0.15) is 0 Å². The normalized spacial score (nSPS) is 16.5. The molecule has 2 unspecified atom stereocenters. The van der Waals surface area contributed by atoms with Crippen molar-refractivity contribution in [2.45, 2.75) is 78.1 Å². The fourth-order valence-corrected chi connectivity index (χ4v) is 3.60. The van der Waals surface area contributed by atoms with Crippen LogP contribution in [0, 0.1) is 11.6 Å². The molecule has 0 aliphatic carbocycles. The molecule has 0 radical (unpaired) electrons. The highest BCUT2D eigenvalue weighted by Crippen LogP contribution is 2.17. The van der Waals surface area contributed by atoms with Crippen LogP contribution in [0.25, 0.3) is 0 Å². The van der Waals surface area contributed by atoms with Crippen LogP contribution in [-0.4, -0.2) is 64.6 Å². The number of amides is 5. The number of benzene rings is 1. The van der Waals surface area contributed by atoms with Gasteiger partial charge in [-0.05, 0) is 59.9 Å².